The summed E-state index contributed by atoms with van der Waals surface area (Å²) in [5.74, 6) is 0. The molecule has 3 nitrogen and oxygen atoms in total. The van der Waals surface area contributed by atoms with E-state index >= 15 is 0 Å². The van der Waals surface area contributed by atoms with Crippen molar-refractivity contribution in [1.29, 1.82) is 0 Å². The number of aliphatic hydroxyl groups is 1. The van der Waals surface area contributed by atoms with Crippen LogP contribution in [0.15, 0.2) is 12.7 Å². The standard InChI is InChI=1S/C13H28N2O/c1-4-8-14-9-6-7-13(3)15(10-5-2)11-12-16/h5,13-14,16H,2,4,6-12H2,1,3H3. The fourth-order valence-corrected chi connectivity index (χ4v) is 1.79. The van der Waals surface area contributed by atoms with Crippen LogP contribution in [0.1, 0.15) is 33.1 Å². The number of nitrogens with one attached hydrogen (secondary N) is 1. The molecule has 3 heteroatoms. The van der Waals surface area contributed by atoms with Crippen molar-refractivity contribution in [2.45, 2.75) is 39.2 Å². The van der Waals surface area contributed by atoms with Crippen LogP contribution in [0.25, 0.3) is 0 Å². The average Bonchev–Trinajstić information content (AvgIpc) is 2.28. The van der Waals surface area contributed by atoms with Crippen LogP contribution >= 0.6 is 0 Å². The van der Waals surface area contributed by atoms with E-state index in [1.54, 1.807) is 0 Å². The Bertz CT molecular complexity index is 162. The second kappa shape index (κ2) is 11.1. The van der Waals surface area contributed by atoms with Crippen LogP contribution in [-0.2, 0) is 0 Å². The van der Waals surface area contributed by atoms with Crippen LogP contribution < -0.4 is 5.32 Å². The third-order valence-corrected chi connectivity index (χ3v) is 2.78. The SMILES string of the molecule is C=CCN(CCO)C(C)CCCNCCC. The van der Waals surface area contributed by atoms with Crippen LogP contribution in [0.2, 0.25) is 0 Å². The van der Waals surface area contributed by atoms with E-state index in [9.17, 15) is 0 Å². The number of hydrogen-bond acceptors (Lipinski definition) is 3. The molecule has 0 aromatic carbocycles. The van der Waals surface area contributed by atoms with Crippen molar-refractivity contribution < 1.29 is 5.11 Å². The normalized spacial score (nSPS) is 13.0. The van der Waals surface area contributed by atoms with Crippen molar-refractivity contribution in [1.82, 2.24) is 10.2 Å². The molecule has 0 saturated carbocycles. The summed E-state index contributed by atoms with van der Waals surface area (Å²) < 4.78 is 0. The molecule has 1 unspecified atom stereocenters. The third kappa shape index (κ3) is 7.85. The van der Waals surface area contributed by atoms with Crippen molar-refractivity contribution in [3.63, 3.8) is 0 Å². The molecular weight excluding hydrogens is 200 g/mol. The smallest absolute Gasteiger partial charge is 0.0558 e. The summed E-state index contributed by atoms with van der Waals surface area (Å²) in [6.45, 7) is 12.2. The summed E-state index contributed by atoms with van der Waals surface area (Å²) in [5, 5.41) is 12.4. The maximum absolute atomic E-state index is 8.97. The van der Waals surface area contributed by atoms with Gasteiger partial charge in [-0.2, -0.15) is 0 Å². The molecule has 0 rings (SSSR count). The molecule has 0 aromatic heterocycles. The fourth-order valence-electron chi connectivity index (χ4n) is 1.79. The van der Waals surface area contributed by atoms with Gasteiger partial charge >= 0.3 is 0 Å². The number of nitrogens with zero attached hydrogens (tertiary/aromatic N) is 1. The molecular formula is C13H28N2O. The van der Waals surface area contributed by atoms with Gasteiger partial charge in [-0.3, -0.25) is 4.90 Å². The lowest BCUT2D eigenvalue weighted by molar-refractivity contribution is 0.165. The Morgan fingerprint density at radius 2 is 2.19 bits per heavy atom. The zero-order valence-corrected chi connectivity index (χ0v) is 10.9. The van der Waals surface area contributed by atoms with Gasteiger partial charge in [-0.15, -0.1) is 6.58 Å². The van der Waals surface area contributed by atoms with E-state index in [-0.39, 0.29) is 6.61 Å². The Labute approximate surface area is 101 Å². The number of aliphatic hydroxyl groups excluding tert-OH is 1. The first-order valence-corrected chi connectivity index (χ1v) is 6.42. The van der Waals surface area contributed by atoms with Crippen molar-refractivity contribution in [3.05, 3.63) is 12.7 Å². The van der Waals surface area contributed by atoms with Crippen molar-refractivity contribution in [3.8, 4) is 0 Å². The summed E-state index contributed by atoms with van der Waals surface area (Å²) in [6, 6.07) is 0.522. The molecule has 0 saturated heterocycles. The number of rotatable bonds is 11. The third-order valence-electron chi connectivity index (χ3n) is 2.78. The van der Waals surface area contributed by atoms with Crippen molar-refractivity contribution >= 4 is 0 Å². The van der Waals surface area contributed by atoms with Crippen molar-refractivity contribution in [2.75, 3.05) is 32.8 Å². The summed E-state index contributed by atoms with van der Waals surface area (Å²) >= 11 is 0. The molecule has 2 N–H and O–H groups in total. The first kappa shape index (κ1) is 15.6. The Balaban J connectivity index is 3.64. The molecule has 0 spiro atoms. The summed E-state index contributed by atoms with van der Waals surface area (Å²) in [7, 11) is 0. The predicted octanol–water partition coefficient (Wildman–Crippen LogP) is 1.63. The second-order valence-corrected chi connectivity index (χ2v) is 4.25. The largest absolute Gasteiger partial charge is 0.395 e. The minimum Gasteiger partial charge on any atom is -0.395 e. The highest BCUT2D eigenvalue weighted by atomic mass is 16.3. The van der Waals surface area contributed by atoms with Gasteiger partial charge in [0, 0.05) is 19.1 Å². The van der Waals surface area contributed by atoms with Crippen LogP contribution in [0.3, 0.4) is 0 Å². The summed E-state index contributed by atoms with van der Waals surface area (Å²) in [6.07, 6.45) is 5.47. The quantitative estimate of drug-likeness (QED) is 0.417. The molecule has 0 fully saturated rings. The van der Waals surface area contributed by atoms with E-state index < -0.39 is 0 Å². The van der Waals surface area contributed by atoms with Gasteiger partial charge in [0.15, 0.2) is 0 Å². The molecule has 16 heavy (non-hydrogen) atoms. The Kier molecular flexibility index (Phi) is 10.9. The van der Waals surface area contributed by atoms with Gasteiger partial charge in [-0.1, -0.05) is 13.0 Å². The monoisotopic (exact) mass is 228 g/mol. The topological polar surface area (TPSA) is 35.5 Å². The first-order chi connectivity index (χ1) is 7.76. The molecule has 0 amide bonds. The van der Waals surface area contributed by atoms with E-state index in [1.165, 1.54) is 19.3 Å². The van der Waals surface area contributed by atoms with Gasteiger partial charge < -0.3 is 10.4 Å². The highest BCUT2D eigenvalue weighted by molar-refractivity contribution is 4.77. The van der Waals surface area contributed by atoms with Crippen molar-refractivity contribution in [2.24, 2.45) is 0 Å². The van der Waals surface area contributed by atoms with Gasteiger partial charge in [0.2, 0.25) is 0 Å². The maximum atomic E-state index is 8.97. The minimum atomic E-state index is 0.228. The van der Waals surface area contributed by atoms with E-state index in [0.29, 0.717) is 6.04 Å². The average molecular weight is 228 g/mol. The number of hydrogen-bond donors (Lipinski definition) is 2. The van der Waals surface area contributed by atoms with E-state index in [2.05, 4.69) is 30.6 Å². The summed E-state index contributed by atoms with van der Waals surface area (Å²) in [5.41, 5.74) is 0. The van der Waals surface area contributed by atoms with Crippen LogP contribution in [0, 0.1) is 0 Å². The van der Waals surface area contributed by atoms with Gasteiger partial charge in [0.25, 0.3) is 0 Å². The Morgan fingerprint density at radius 3 is 2.75 bits per heavy atom. The van der Waals surface area contributed by atoms with Gasteiger partial charge in [0.1, 0.15) is 0 Å². The minimum absolute atomic E-state index is 0.228. The zero-order chi connectivity index (χ0) is 12.2. The van der Waals surface area contributed by atoms with Gasteiger partial charge in [-0.05, 0) is 39.3 Å². The molecule has 0 radical (unpaired) electrons. The maximum Gasteiger partial charge on any atom is 0.0558 e. The first-order valence-electron chi connectivity index (χ1n) is 6.42. The zero-order valence-electron chi connectivity index (χ0n) is 10.9. The fraction of sp³-hybridized carbons (Fsp3) is 0.846. The van der Waals surface area contributed by atoms with Crippen LogP contribution in [-0.4, -0.2) is 48.8 Å². The molecule has 0 aromatic rings. The second-order valence-electron chi connectivity index (χ2n) is 4.25. The van der Waals surface area contributed by atoms with E-state index in [0.717, 1.165) is 26.2 Å². The van der Waals surface area contributed by atoms with Gasteiger partial charge in [-0.25, -0.2) is 0 Å². The lowest BCUT2D eigenvalue weighted by atomic mass is 10.1. The molecule has 1 atom stereocenters. The van der Waals surface area contributed by atoms with Crippen LogP contribution in [0.5, 0.6) is 0 Å². The lowest BCUT2D eigenvalue weighted by Gasteiger charge is -2.27. The molecule has 0 aliphatic rings. The van der Waals surface area contributed by atoms with Crippen LogP contribution in [0.4, 0.5) is 0 Å². The molecule has 96 valence electrons. The molecule has 0 bridgehead atoms. The predicted molar refractivity (Wildman–Crippen MR) is 70.7 cm³/mol. The van der Waals surface area contributed by atoms with Gasteiger partial charge in [0.05, 0.1) is 6.61 Å². The molecule has 0 heterocycles. The highest BCUT2D eigenvalue weighted by Gasteiger charge is 2.10. The molecule has 0 aliphatic heterocycles. The van der Waals surface area contributed by atoms with E-state index in [4.69, 9.17) is 5.11 Å². The lowest BCUT2D eigenvalue weighted by Crippen LogP contribution is -2.36. The van der Waals surface area contributed by atoms with E-state index in [1.807, 2.05) is 6.08 Å². The molecule has 0 aliphatic carbocycles. The highest BCUT2D eigenvalue weighted by Crippen LogP contribution is 2.05. The Hall–Kier alpha value is -0.380. The summed E-state index contributed by atoms with van der Waals surface area (Å²) in [4.78, 5) is 2.27. The Morgan fingerprint density at radius 1 is 1.44 bits per heavy atom.